The van der Waals surface area contributed by atoms with Crippen LogP contribution in [0.25, 0.3) is 0 Å². The van der Waals surface area contributed by atoms with E-state index in [0.29, 0.717) is 23.2 Å². The molecule has 29 heavy (non-hydrogen) atoms. The highest BCUT2D eigenvalue weighted by atomic mass is 32.2. The third kappa shape index (κ3) is 4.47. The summed E-state index contributed by atoms with van der Waals surface area (Å²) in [5, 5.41) is 3.20. The van der Waals surface area contributed by atoms with Crippen molar-refractivity contribution in [1.29, 1.82) is 0 Å². The van der Waals surface area contributed by atoms with Crippen molar-refractivity contribution in [3.05, 3.63) is 65.2 Å². The molecule has 2 aliphatic carbocycles. The van der Waals surface area contributed by atoms with Gasteiger partial charge in [0, 0.05) is 11.6 Å². The van der Waals surface area contributed by atoms with Gasteiger partial charge in [0.2, 0.25) is 10.0 Å². The average molecular weight is 413 g/mol. The van der Waals surface area contributed by atoms with Gasteiger partial charge >= 0.3 is 0 Å². The minimum absolute atomic E-state index is 0.0345. The normalized spacial score (nSPS) is 23.2. The molecule has 6 heteroatoms. The van der Waals surface area contributed by atoms with E-state index in [-0.39, 0.29) is 12.5 Å². The van der Waals surface area contributed by atoms with Crippen LogP contribution in [0.1, 0.15) is 47.2 Å². The Bertz CT molecular complexity index is 1000. The van der Waals surface area contributed by atoms with Crippen molar-refractivity contribution in [1.82, 2.24) is 5.32 Å². The van der Waals surface area contributed by atoms with Crippen molar-refractivity contribution < 1.29 is 13.2 Å². The number of nitrogens with one attached hydrogen (secondary N) is 1. The Morgan fingerprint density at radius 3 is 2.45 bits per heavy atom. The fourth-order valence-corrected chi connectivity index (χ4v) is 5.66. The molecule has 0 aromatic heterocycles. The molecule has 0 unspecified atom stereocenters. The molecule has 0 heterocycles. The number of hydrogen-bond donors (Lipinski definition) is 1. The van der Waals surface area contributed by atoms with Crippen LogP contribution in [0.15, 0.2) is 48.5 Å². The minimum atomic E-state index is -3.43. The Labute approximate surface area is 173 Å². The van der Waals surface area contributed by atoms with Crippen LogP contribution in [0, 0.1) is 18.8 Å². The van der Waals surface area contributed by atoms with Gasteiger partial charge < -0.3 is 5.32 Å². The molecular formula is C23H28N2O3S. The van der Waals surface area contributed by atoms with Crippen molar-refractivity contribution in [2.75, 3.05) is 10.6 Å². The highest BCUT2D eigenvalue weighted by Crippen LogP contribution is 2.44. The first-order valence-corrected chi connectivity index (χ1v) is 12.1. The van der Waals surface area contributed by atoms with Crippen LogP contribution in [0.5, 0.6) is 0 Å². The topological polar surface area (TPSA) is 66.5 Å². The Morgan fingerprint density at radius 1 is 1.10 bits per heavy atom. The summed E-state index contributed by atoms with van der Waals surface area (Å²) in [6.07, 6.45) is 6.11. The number of carbonyl (C=O) groups excluding carboxylic acids is 1. The first kappa shape index (κ1) is 20.0. The van der Waals surface area contributed by atoms with E-state index >= 15 is 0 Å². The summed E-state index contributed by atoms with van der Waals surface area (Å²) in [6.45, 7) is 2.17. The quantitative estimate of drug-likeness (QED) is 0.783. The van der Waals surface area contributed by atoms with Crippen molar-refractivity contribution in [2.45, 2.75) is 45.2 Å². The predicted molar refractivity (Wildman–Crippen MR) is 115 cm³/mol. The van der Waals surface area contributed by atoms with Gasteiger partial charge in [-0.15, -0.1) is 0 Å². The van der Waals surface area contributed by atoms with Gasteiger partial charge in [-0.1, -0.05) is 30.7 Å². The van der Waals surface area contributed by atoms with Crippen LogP contribution in [-0.4, -0.2) is 26.6 Å². The summed E-state index contributed by atoms with van der Waals surface area (Å²) < 4.78 is 26.1. The lowest BCUT2D eigenvalue weighted by atomic mass is 9.95. The number of anilines is 1. The standard InChI is InChI=1S/C23H28N2O3S/c1-16-4-3-5-21(12-16)25(29(2,27)28)15-17-6-9-19(10-7-17)23(26)24-22-14-18-8-11-20(22)13-18/h3-7,9-10,12,18,20,22H,8,11,13-15H2,1-2H3,(H,24,26)/t18-,20-,22+/m0/s1. The van der Waals surface area contributed by atoms with E-state index in [1.165, 1.54) is 29.8 Å². The molecular weight excluding hydrogens is 384 g/mol. The first-order valence-electron chi connectivity index (χ1n) is 10.2. The third-order valence-corrected chi connectivity index (χ3v) is 7.43. The summed E-state index contributed by atoms with van der Waals surface area (Å²) in [6, 6.07) is 15.0. The van der Waals surface area contributed by atoms with Crippen molar-refractivity contribution in [3.63, 3.8) is 0 Å². The van der Waals surface area contributed by atoms with Gasteiger partial charge in [-0.25, -0.2) is 8.42 Å². The van der Waals surface area contributed by atoms with Crippen LogP contribution >= 0.6 is 0 Å². The molecule has 0 saturated heterocycles. The van der Waals surface area contributed by atoms with Crippen molar-refractivity contribution in [3.8, 4) is 0 Å². The van der Waals surface area contributed by atoms with Gasteiger partial charge in [-0.3, -0.25) is 9.10 Å². The molecule has 2 bridgehead atoms. The van der Waals surface area contributed by atoms with E-state index in [9.17, 15) is 13.2 Å². The highest BCUT2D eigenvalue weighted by Gasteiger charge is 2.40. The van der Waals surface area contributed by atoms with E-state index in [2.05, 4.69) is 5.32 Å². The Hall–Kier alpha value is -2.34. The van der Waals surface area contributed by atoms with Crippen LogP contribution in [0.3, 0.4) is 0 Å². The second-order valence-corrected chi connectivity index (χ2v) is 10.5. The fourth-order valence-electron chi connectivity index (χ4n) is 4.78. The number of sulfonamides is 1. The summed E-state index contributed by atoms with van der Waals surface area (Å²) in [5.74, 6) is 1.39. The smallest absolute Gasteiger partial charge is 0.251 e. The van der Waals surface area contributed by atoms with Crippen molar-refractivity contribution in [2.24, 2.45) is 11.8 Å². The Morgan fingerprint density at radius 2 is 1.86 bits per heavy atom. The molecule has 2 aromatic rings. The molecule has 2 aromatic carbocycles. The molecule has 1 N–H and O–H groups in total. The van der Waals surface area contributed by atoms with Crippen LogP contribution in [-0.2, 0) is 16.6 Å². The lowest BCUT2D eigenvalue weighted by Crippen LogP contribution is -2.38. The molecule has 1 amide bonds. The van der Waals surface area contributed by atoms with Gasteiger partial charge in [0.15, 0.2) is 0 Å². The van der Waals surface area contributed by atoms with Crippen LogP contribution in [0.2, 0.25) is 0 Å². The lowest BCUT2D eigenvalue weighted by Gasteiger charge is -2.24. The molecule has 5 nitrogen and oxygen atoms in total. The average Bonchev–Trinajstić information content (AvgIpc) is 3.28. The third-order valence-electron chi connectivity index (χ3n) is 6.29. The molecule has 3 atom stereocenters. The molecule has 0 radical (unpaired) electrons. The maximum Gasteiger partial charge on any atom is 0.251 e. The SMILES string of the molecule is Cc1cccc(N(Cc2ccc(C(=O)N[C@@H]3C[C@H]4CC[C@H]3C4)cc2)S(C)(=O)=O)c1. The Balaban J connectivity index is 1.45. The minimum Gasteiger partial charge on any atom is -0.349 e. The number of fused-ring (bicyclic) bond motifs is 2. The molecule has 0 aliphatic heterocycles. The largest absolute Gasteiger partial charge is 0.349 e. The first-order chi connectivity index (χ1) is 13.8. The summed E-state index contributed by atoms with van der Waals surface area (Å²) >= 11 is 0. The maximum absolute atomic E-state index is 12.6. The summed E-state index contributed by atoms with van der Waals surface area (Å²) in [5.41, 5.74) is 3.11. The fraction of sp³-hybridized carbons (Fsp3) is 0.435. The summed E-state index contributed by atoms with van der Waals surface area (Å²) in [7, 11) is -3.43. The van der Waals surface area contributed by atoms with E-state index in [0.717, 1.165) is 23.5 Å². The molecule has 154 valence electrons. The lowest BCUT2D eigenvalue weighted by molar-refractivity contribution is 0.0923. The van der Waals surface area contributed by atoms with Gasteiger partial charge in [-0.2, -0.15) is 0 Å². The van der Waals surface area contributed by atoms with E-state index in [1.54, 1.807) is 18.2 Å². The maximum atomic E-state index is 12.6. The van der Waals surface area contributed by atoms with E-state index < -0.39 is 10.0 Å². The molecule has 4 rings (SSSR count). The van der Waals surface area contributed by atoms with Gasteiger partial charge in [0.05, 0.1) is 18.5 Å². The number of aryl methyl sites for hydroxylation is 1. The number of rotatable bonds is 6. The Kier molecular flexibility index (Phi) is 5.38. The number of benzene rings is 2. The zero-order chi connectivity index (χ0) is 20.6. The molecule has 2 aliphatic rings. The van der Waals surface area contributed by atoms with Crippen LogP contribution < -0.4 is 9.62 Å². The van der Waals surface area contributed by atoms with Crippen molar-refractivity contribution >= 4 is 21.6 Å². The van der Waals surface area contributed by atoms with E-state index in [4.69, 9.17) is 0 Å². The van der Waals surface area contributed by atoms with Gasteiger partial charge in [0.25, 0.3) is 5.91 Å². The van der Waals surface area contributed by atoms with Crippen LogP contribution in [0.4, 0.5) is 5.69 Å². The predicted octanol–water partition coefficient (Wildman–Crippen LogP) is 3.88. The van der Waals surface area contributed by atoms with Gasteiger partial charge in [-0.05, 0) is 73.4 Å². The van der Waals surface area contributed by atoms with E-state index in [1.807, 2.05) is 37.3 Å². The molecule has 2 fully saturated rings. The number of amides is 1. The monoisotopic (exact) mass is 412 g/mol. The second-order valence-electron chi connectivity index (χ2n) is 8.56. The molecule has 0 spiro atoms. The number of carbonyl (C=O) groups is 1. The molecule has 2 saturated carbocycles. The summed E-state index contributed by atoms with van der Waals surface area (Å²) in [4.78, 5) is 12.6. The number of hydrogen-bond acceptors (Lipinski definition) is 3. The number of nitrogens with zero attached hydrogens (tertiary/aromatic N) is 1. The zero-order valence-corrected chi connectivity index (χ0v) is 17.8. The second kappa shape index (κ2) is 7.82. The van der Waals surface area contributed by atoms with Gasteiger partial charge in [0.1, 0.15) is 0 Å². The highest BCUT2D eigenvalue weighted by molar-refractivity contribution is 7.92. The zero-order valence-electron chi connectivity index (χ0n) is 17.0.